The summed E-state index contributed by atoms with van der Waals surface area (Å²) in [4.78, 5) is 18.7. The Labute approximate surface area is 178 Å². The van der Waals surface area contributed by atoms with Crippen molar-refractivity contribution in [2.75, 3.05) is 6.54 Å². The molecule has 0 radical (unpaired) electrons. The Hall–Kier alpha value is -2.59. The fraction of sp³-hybridized carbons (Fsp3) is 0.423. The number of aromatic nitrogens is 1. The maximum atomic E-state index is 13.3. The van der Waals surface area contributed by atoms with Crippen molar-refractivity contribution in [2.24, 2.45) is 0 Å². The van der Waals surface area contributed by atoms with Crippen molar-refractivity contribution < 1.29 is 4.79 Å². The zero-order chi connectivity index (χ0) is 20.5. The summed E-state index contributed by atoms with van der Waals surface area (Å²) in [5, 5.41) is 5.03. The van der Waals surface area contributed by atoms with Crippen LogP contribution in [0.3, 0.4) is 0 Å². The number of para-hydroxylation sites is 1. The first kappa shape index (κ1) is 19.4. The van der Waals surface area contributed by atoms with Crippen LogP contribution in [0.25, 0.3) is 10.9 Å². The lowest BCUT2D eigenvalue weighted by Gasteiger charge is -2.38. The standard InChI is InChI=1S/C26H31N3O/c1-2-29(26(30)25-16-19-9-4-6-13-23(19)28-25)21-11-7-10-20(17-21)27-24-15-14-18-8-3-5-12-22(18)24/h3-6,8-9,12-13,16,20-21,24,27-28H,2,7,10-11,14-15,17H2,1H3/t20-,21?,24?/m1/s1. The van der Waals surface area contributed by atoms with Crippen molar-refractivity contribution >= 4 is 16.8 Å². The van der Waals surface area contributed by atoms with E-state index in [1.165, 1.54) is 36.8 Å². The molecule has 30 heavy (non-hydrogen) atoms. The second kappa shape index (κ2) is 8.27. The van der Waals surface area contributed by atoms with Crippen LogP contribution in [0.4, 0.5) is 0 Å². The Balaban J connectivity index is 1.29. The number of rotatable bonds is 5. The lowest BCUT2D eigenvalue weighted by atomic mass is 9.89. The Morgan fingerprint density at radius 1 is 1.10 bits per heavy atom. The third-order valence-corrected chi connectivity index (χ3v) is 7.02. The van der Waals surface area contributed by atoms with E-state index in [-0.39, 0.29) is 5.91 Å². The highest BCUT2D eigenvalue weighted by atomic mass is 16.2. The molecule has 0 aliphatic heterocycles. The van der Waals surface area contributed by atoms with Gasteiger partial charge in [0.05, 0.1) is 0 Å². The van der Waals surface area contributed by atoms with Crippen molar-refractivity contribution in [3.05, 3.63) is 71.4 Å². The molecule has 3 aromatic rings. The van der Waals surface area contributed by atoms with Gasteiger partial charge in [0.25, 0.3) is 5.91 Å². The first-order valence-corrected chi connectivity index (χ1v) is 11.5. The lowest BCUT2D eigenvalue weighted by molar-refractivity contribution is 0.0620. The van der Waals surface area contributed by atoms with Crippen LogP contribution >= 0.6 is 0 Å². The fourth-order valence-corrected chi connectivity index (χ4v) is 5.52. The Kier molecular flexibility index (Phi) is 5.34. The molecule has 2 aliphatic carbocycles. The van der Waals surface area contributed by atoms with Gasteiger partial charge in [0.2, 0.25) is 0 Å². The highest BCUT2D eigenvalue weighted by Crippen LogP contribution is 2.33. The number of hydrogen-bond donors (Lipinski definition) is 2. The molecule has 156 valence electrons. The predicted octanol–water partition coefficient (Wildman–Crippen LogP) is 5.22. The molecule has 4 nitrogen and oxygen atoms in total. The van der Waals surface area contributed by atoms with Gasteiger partial charge in [-0.05, 0) is 68.7 Å². The number of carbonyl (C=O) groups excluding carboxylic acids is 1. The van der Waals surface area contributed by atoms with Crippen LogP contribution in [-0.4, -0.2) is 34.4 Å². The van der Waals surface area contributed by atoms with E-state index in [1.54, 1.807) is 0 Å². The minimum Gasteiger partial charge on any atom is -0.351 e. The molecule has 4 heteroatoms. The van der Waals surface area contributed by atoms with Crippen LogP contribution in [0.1, 0.15) is 66.7 Å². The van der Waals surface area contributed by atoms with Gasteiger partial charge >= 0.3 is 0 Å². The van der Waals surface area contributed by atoms with Crippen molar-refractivity contribution in [3.63, 3.8) is 0 Å². The van der Waals surface area contributed by atoms with Crippen molar-refractivity contribution in [3.8, 4) is 0 Å². The first-order valence-electron chi connectivity index (χ1n) is 11.5. The number of benzene rings is 2. The van der Waals surface area contributed by atoms with Gasteiger partial charge in [-0.3, -0.25) is 4.79 Å². The Morgan fingerprint density at radius 3 is 2.80 bits per heavy atom. The second-order valence-corrected chi connectivity index (χ2v) is 8.84. The number of nitrogens with one attached hydrogen (secondary N) is 2. The zero-order valence-electron chi connectivity index (χ0n) is 17.7. The summed E-state index contributed by atoms with van der Waals surface area (Å²) < 4.78 is 0. The summed E-state index contributed by atoms with van der Waals surface area (Å²) in [5.74, 6) is 0.130. The molecule has 0 bridgehead atoms. The Bertz CT molecular complexity index is 1010. The molecule has 1 fully saturated rings. The summed E-state index contributed by atoms with van der Waals surface area (Å²) in [5.41, 5.74) is 4.70. The monoisotopic (exact) mass is 401 g/mol. The molecule has 3 atom stereocenters. The minimum atomic E-state index is 0.130. The SMILES string of the molecule is CCN(C(=O)c1cc2ccccc2[nH]1)C1CCC[C@@H](NC2CCc3ccccc32)C1. The quantitative estimate of drug-likeness (QED) is 0.616. The third kappa shape index (κ3) is 3.65. The summed E-state index contributed by atoms with van der Waals surface area (Å²) in [6, 6.07) is 20.2. The van der Waals surface area contributed by atoms with E-state index in [2.05, 4.69) is 52.5 Å². The summed E-state index contributed by atoms with van der Waals surface area (Å²) in [6.45, 7) is 2.85. The highest BCUT2D eigenvalue weighted by Gasteiger charge is 2.32. The van der Waals surface area contributed by atoms with E-state index in [1.807, 2.05) is 24.3 Å². The topological polar surface area (TPSA) is 48.1 Å². The summed E-state index contributed by atoms with van der Waals surface area (Å²) in [6.07, 6.45) is 6.87. The molecule has 0 spiro atoms. The average molecular weight is 402 g/mol. The number of amides is 1. The molecule has 5 rings (SSSR count). The molecule has 1 saturated carbocycles. The van der Waals surface area contributed by atoms with E-state index in [9.17, 15) is 4.79 Å². The van der Waals surface area contributed by atoms with E-state index >= 15 is 0 Å². The van der Waals surface area contributed by atoms with E-state index in [0.717, 1.165) is 30.3 Å². The van der Waals surface area contributed by atoms with E-state index in [4.69, 9.17) is 0 Å². The average Bonchev–Trinajstić information content (AvgIpc) is 3.39. The summed E-state index contributed by atoms with van der Waals surface area (Å²) in [7, 11) is 0. The number of nitrogens with zero attached hydrogens (tertiary/aromatic N) is 1. The van der Waals surface area contributed by atoms with Crippen LogP contribution in [0.5, 0.6) is 0 Å². The van der Waals surface area contributed by atoms with Crippen LogP contribution in [-0.2, 0) is 6.42 Å². The largest absolute Gasteiger partial charge is 0.351 e. The van der Waals surface area contributed by atoms with Gasteiger partial charge in [-0.2, -0.15) is 0 Å². The molecule has 1 aromatic heterocycles. The van der Waals surface area contributed by atoms with Gasteiger partial charge in [-0.1, -0.05) is 42.5 Å². The third-order valence-electron chi connectivity index (χ3n) is 7.02. The van der Waals surface area contributed by atoms with Crippen LogP contribution < -0.4 is 5.32 Å². The second-order valence-electron chi connectivity index (χ2n) is 8.84. The predicted molar refractivity (Wildman–Crippen MR) is 122 cm³/mol. The van der Waals surface area contributed by atoms with Crippen molar-refractivity contribution in [1.29, 1.82) is 0 Å². The van der Waals surface area contributed by atoms with Crippen LogP contribution in [0.2, 0.25) is 0 Å². The van der Waals surface area contributed by atoms with Gasteiger partial charge in [0.15, 0.2) is 0 Å². The van der Waals surface area contributed by atoms with E-state index in [0.29, 0.717) is 23.8 Å². The summed E-state index contributed by atoms with van der Waals surface area (Å²) >= 11 is 0. The molecule has 2 aromatic carbocycles. The molecule has 1 amide bonds. The molecule has 1 heterocycles. The van der Waals surface area contributed by atoms with Gasteiger partial charge in [0.1, 0.15) is 5.69 Å². The van der Waals surface area contributed by atoms with Gasteiger partial charge < -0.3 is 15.2 Å². The van der Waals surface area contributed by atoms with Gasteiger partial charge in [-0.15, -0.1) is 0 Å². The smallest absolute Gasteiger partial charge is 0.270 e. The Morgan fingerprint density at radius 2 is 1.93 bits per heavy atom. The number of fused-ring (bicyclic) bond motifs is 2. The van der Waals surface area contributed by atoms with Crippen LogP contribution in [0, 0.1) is 0 Å². The zero-order valence-corrected chi connectivity index (χ0v) is 17.7. The molecule has 0 saturated heterocycles. The number of aromatic amines is 1. The normalized spacial score (nSPS) is 23.4. The van der Waals surface area contributed by atoms with Crippen molar-refractivity contribution in [1.82, 2.24) is 15.2 Å². The van der Waals surface area contributed by atoms with Crippen LogP contribution in [0.15, 0.2) is 54.6 Å². The van der Waals surface area contributed by atoms with Gasteiger partial charge in [0, 0.05) is 35.6 Å². The maximum absolute atomic E-state index is 13.3. The molecule has 2 unspecified atom stereocenters. The van der Waals surface area contributed by atoms with Crippen molar-refractivity contribution in [2.45, 2.75) is 63.6 Å². The van der Waals surface area contributed by atoms with E-state index < -0.39 is 0 Å². The first-order chi connectivity index (χ1) is 14.7. The number of carbonyl (C=O) groups is 1. The minimum absolute atomic E-state index is 0.130. The number of aryl methyl sites for hydroxylation is 1. The van der Waals surface area contributed by atoms with Gasteiger partial charge in [-0.25, -0.2) is 0 Å². The maximum Gasteiger partial charge on any atom is 0.270 e. The molecule has 2 aliphatic rings. The lowest BCUT2D eigenvalue weighted by Crippen LogP contribution is -2.47. The molecular formula is C26H31N3O. The number of hydrogen-bond acceptors (Lipinski definition) is 2. The number of H-pyrrole nitrogens is 1. The molecule has 2 N–H and O–H groups in total. The molecular weight excluding hydrogens is 370 g/mol. The highest BCUT2D eigenvalue weighted by molar-refractivity contribution is 5.98. The fourth-order valence-electron chi connectivity index (χ4n) is 5.52.